The molecule has 1 aromatic rings. The summed E-state index contributed by atoms with van der Waals surface area (Å²) in [6.07, 6.45) is 0.340. The van der Waals surface area contributed by atoms with E-state index in [9.17, 15) is 19.2 Å². The Bertz CT molecular complexity index is 739. The van der Waals surface area contributed by atoms with Gasteiger partial charge in [0.1, 0.15) is 5.54 Å². The Morgan fingerprint density at radius 1 is 1.07 bits per heavy atom. The topological polar surface area (TPSA) is 111 Å². The van der Waals surface area contributed by atoms with Crippen molar-refractivity contribution in [2.24, 2.45) is 0 Å². The lowest BCUT2D eigenvalue weighted by molar-refractivity contribution is -0.140. The maximum Gasteiger partial charge on any atom is 0.344 e. The number of nitrogens with one attached hydrogen (secondary N) is 3. The lowest BCUT2D eigenvalue weighted by atomic mass is 9.87. The van der Waals surface area contributed by atoms with Gasteiger partial charge in [-0.2, -0.15) is 5.01 Å². The summed E-state index contributed by atoms with van der Waals surface area (Å²) in [5, 5.41) is 6.09. The smallest absolute Gasteiger partial charge is 0.344 e. The summed E-state index contributed by atoms with van der Waals surface area (Å²) in [7, 11) is 0. The lowest BCUT2D eigenvalue weighted by Crippen LogP contribution is -2.51. The van der Waals surface area contributed by atoms with Gasteiger partial charge in [0.05, 0.1) is 13.1 Å². The van der Waals surface area contributed by atoms with Crippen molar-refractivity contribution < 1.29 is 19.2 Å². The van der Waals surface area contributed by atoms with Gasteiger partial charge in [-0.3, -0.25) is 24.7 Å². The van der Waals surface area contributed by atoms with Crippen LogP contribution in [0, 0.1) is 0 Å². The average Bonchev–Trinajstić information content (AvgIpc) is 2.93. The molecule has 1 unspecified atom stereocenters. The highest BCUT2D eigenvalue weighted by molar-refractivity contribution is 6.08. The van der Waals surface area contributed by atoms with E-state index in [-0.39, 0.29) is 19.0 Å². The fourth-order valence-corrected chi connectivity index (χ4v) is 3.14. The highest BCUT2D eigenvalue weighted by Gasteiger charge is 2.52. The highest BCUT2D eigenvalue weighted by Crippen LogP contribution is 2.31. The van der Waals surface area contributed by atoms with Crippen LogP contribution in [0.15, 0.2) is 30.3 Å². The minimum Gasteiger partial charge on any atom is -0.355 e. The van der Waals surface area contributed by atoms with Gasteiger partial charge < -0.3 is 10.6 Å². The van der Waals surface area contributed by atoms with Crippen molar-refractivity contribution in [2.45, 2.75) is 32.7 Å². The van der Waals surface area contributed by atoms with Crippen molar-refractivity contribution in [1.29, 1.82) is 0 Å². The van der Waals surface area contributed by atoms with E-state index >= 15 is 0 Å². The van der Waals surface area contributed by atoms with Gasteiger partial charge in [-0.25, -0.2) is 4.79 Å². The van der Waals surface area contributed by atoms with Crippen molar-refractivity contribution in [1.82, 2.24) is 26.0 Å². The normalized spacial score (nSPS) is 18.9. The van der Waals surface area contributed by atoms with E-state index in [0.717, 1.165) is 5.01 Å². The van der Waals surface area contributed by atoms with Crippen LogP contribution in [0.2, 0.25) is 0 Å². The predicted molar refractivity (Wildman–Crippen MR) is 103 cm³/mol. The van der Waals surface area contributed by atoms with Gasteiger partial charge in [0.2, 0.25) is 5.91 Å². The fourth-order valence-electron chi connectivity index (χ4n) is 3.14. The molecule has 1 aliphatic heterocycles. The van der Waals surface area contributed by atoms with Crippen LogP contribution in [0.25, 0.3) is 0 Å². The molecule has 1 saturated heterocycles. The molecule has 1 aromatic carbocycles. The van der Waals surface area contributed by atoms with E-state index in [1.807, 2.05) is 19.9 Å². The van der Waals surface area contributed by atoms with Crippen LogP contribution < -0.4 is 16.1 Å². The summed E-state index contributed by atoms with van der Waals surface area (Å²) in [6.45, 7) is 6.33. The van der Waals surface area contributed by atoms with Crippen LogP contribution in [-0.2, 0) is 19.9 Å². The summed E-state index contributed by atoms with van der Waals surface area (Å²) in [6, 6.07) is 8.23. The summed E-state index contributed by atoms with van der Waals surface area (Å²) < 4.78 is 0. The number of hydrogen-bond acceptors (Lipinski definition) is 5. The zero-order valence-corrected chi connectivity index (χ0v) is 16.4. The van der Waals surface area contributed by atoms with E-state index in [0.29, 0.717) is 25.1 Å². The Balaban J connectivity index is 2.07. The number of amides is 5. The van der Waals surface area contributed by atoms with Crippen LogP contribution >= 0.6 is 0 Å². The Labute approximate surface area is 164 Å². The van der Waals surface area contributed by atoms with Crippen molar-refractivity contribution in [3.63, 3.8) is 0 Å². The van der Waals surface area contributed by atoms with Crippen LogP contribution in [0.5, 0.6) is 0 Å². The molecule has 1 atom stereocenters. The van der Waals surface area contributed by atoms with Gasteiger partial charge in [0.15, 0.2) is 0 Å². The molecule has 1 fully saturated rings. The summed E-state index contributed by atoms with van der Waals surface area (Å²) in [5.41, 5.74) is 1.81. The maximum atomic E-state index is 13.0. The molecular formula is C19H27N5O4. The number of benzene rings is 1. The van der Waals surface area contributed by atoms with E-state index in [1.165, 1.54) is 0 Å². The third-order valence-corrected chi connectivity index (χ3v) is 4.68. The van der Waals surface area contributed by atoms with Gasteiger partial charge in [0, 0.05) is 6.54 Å². The molecule has 0 saturated carbocycles. The molecule has 1 aliphatic rings. The third kappa shape index (κ3) is 4.48. The molecule has 28 heavy (non-hydrogen) atoms. The molecule has 5 amide bonds. The summed E-state index contributed by atoms with van der Waals surface area (Å²) >= 11 is 0. The van der Waals surface area contributed by atoms with Gasteiger partial charge >= 0.3 is 6.03 Å². The second-order valence-electron chi connectivity index (χ2n) is 6.49. The van der Waals surface area contributed by atoms with Crippen molar-refractivity contribution in [2.75, 3.05) is 26.2 Å². The average molecular weight is 389 g/mol. The highest BCUT2D eigenvalue weighted by atomic mass is 16.2. The second-order valence-corrected chi connectivity index (χ2v) is 6.49. The molecular weight excluding hydrogens is 362 g/mol. The molecule has 9 nitrogen and oxygen atoms in total. The van der Waals surface area contributed by atoms with E-state index in [4.69, 9.17) is 0 Å². The number of hydrogen-bond donors (Lipinski definition) is 3. The molecule has 9 heteroatoms. The quantitative estimate of drug-likeness (QED) is 0.527. The monoisotopic (exact) mass is 389 g/mol. The van der Waals surface area contributed by atoms with Crippen molar-refractivity contribution in [3.8, 4) is 0 Å². The number of carbonyl (C=O) groups is 4. The zero-order valence-electron chi connectivity index (χ0n) is 16.4. The predicted octanol–water partition coefficient (Wildman–Crippen LogP) is 0.333. The Morgan fingerprint density at radius 2 is 1.71 bits per heavy atom. The number of rotatable bonds is 9. The molecule has 0 aromatic heterocycles. The molecule has 1 heterocycles. The van der Waals surface area contributed by atoms with Crippen molar-refractivity contribution in [3.05, 3.63) is 35.9 Å². The fraction of sp³-hybridized carbons (Fsp3) is 0.474. The first-order chi connectivity index (χ1) is 13.4. The molecule has 0 bridgehead atoms. The number of imide groups is 1. The van der Waals surface area contributed by atoms with Crippen LogP contribution in [0.3, 0.4) is 0 Å². The zero-order chi connectivity index (χ0) is 20.7. The third-order valence-electron chi connectivity index (χ3n) is 4.68. The molecule has 3 N–H and O–H groups in total. The number of carbonyl (C=O) groups excluding carboxylic acids is 4. The van der Waals surface area contributed by atoms with Gasteiger partial charge in [-0.1, -0.05) is 44.2 Å². The van der Waals surface area contributed by atoms with Gasteiger partial charge in [0.25, 0.3) is 11.8 Å². The molecule has 152 valence electrons. The summed E-state index contributed by atoms with van der Waals surface area (Å²) in [4.78, 5) is 51.1. The standard InChI is InChI=1S/C19H27N5O4/c1-4-19(14-10-8-7-9-11-14)17(27)24(18(28)21-19)22-16(26)13-23(6-3)12-15(25)20-5-2/h7-11H,4-6,12-13H2,1-3H3,(H,20,25)(H,21,28)(H,22,26). The first-order valence-electron chi connectivity index (χ1n) is 9.38. The maximum absolute atomic E-state index is 13.0. The Hall–Kier alpha value is -2.94. The molecule has 0 radical (unpaired) electrons. The number of likely N-dealkylation sites (N-methyl/N-ethyl adjacent to an activating group) is 2. The Morgan fingerprint density at radius 3 is 2.29 bits per heavy atom. The van der Waals surface area contributed by atoms with Gasteiger partial charge in [-0.05, 0) is 25.5 Å². The summed E-state index contributed by atoms with van der Waals surface area (Å²) in [5.74, 6) is -1.28. The van der Waals surface area contributed by atoms with Crippen molar-refractivity contribution >= 4 is 23.8 Å². The van der Waals surface area contributed by atoms with Crippen LogP contribution in [0.1, 0.15) is 32.8 Å². The van der Waals surface area contributed by atoms with E-state index < -0.39 is 23.4 Å². The first-order valence-corrected chi connectivity index (χ1v) is 9.38. The minimum absolute atomic E-state index is 0.0564. The SMILES string of the molecule is CCNC(=O)CN(CC)CC(=O)NN1C(=O)NC(CC)(c2ccccc2)C1=O. The van der Waals surface area contributed by atoms with E-state index in [2.05, 4.69) is 16.1 Å². The van der Waals surface area contributed by atoms with Crippen LogP contribution in [-0.4, -0.2) is 59.8 Å². The van der Waals surface area contributed by atoms with E-state index in [1.54, 1.807) is 36.1 Å². The molecule has 0 aliphatic carbocycles. The van der Waals surface area contributed by atoms with Gasteiger partial charge in [-0.15, -0.1) is 0 Å². The second kappa shape index (κ2) is 9.32. The largest absolute Gasteiger partial charge is 0.355 e. The first kappa shape index (κ1) is 21.4. The lowest BCUT2D eigenvalue weighted by Gasteiger charge is -2.26. The number of nitrogens with zero attached hydrogens (tertiary/aromatic N) is 2. The van der Waals surface area contributed by atoms with Crippen LogP contribution in [0.4, 0.5) is 4.79 Å². The number of urea groups is 1. The minimum atomic E-state index is -1.21. The number of hydrazine groups is 1. The molecule has 0 spiro atoms. The Kier molecular flexibility index (Phi) is 7.11. The molecule has 2 rings (SSSR count).